The lowest BCUT2D eigenvalue weighted by molar-refractivity contribution is 0.627. The smallest absolute Gasteiger partial charge is 0.123 e. The van der Waals surface area contributed by atoms with Crippen molar-refractivity contribution >= 4 is 11.8 Å². The second kappa shape index (κ2) is 3.31. The van der Waals surface area contributed by atoms with E-state index in [0.29, 0.717) is 5.25 Å². The minimum Gasteiger partial charge on any atom is -0.207 e. The summed E-state index contributed by atoms with van der Waals surface area (Å²) in [6, 6.07) is 6.73. The predicted molar refractivity (Wildman–Crippen MR) is 50.7 cm³/mol. The summed E-state index contributed by atoms with van der Waals surface area (Å²) >= 11 is 1.87. The van der Waals surface area contributed by atoms with Crippen LogP contribution >= 0.6 is 11.8 Å². The molecule has 1 aromatic carbocycles. The van der Waals surface area contributed by atoms with Crippen LogP contribution in [0.1, 0.15) is 10.8 Å². The molecule has 0 nitrogen and oxygen atoms in total. The van der Waals surface area contributed by atoms with Crippen molar-refractivity contribution in [2.75, 3.05) is 5.75 Å². The second-order valence-corrected chi connectivity index (χ2v) is 3.91. The first-order chi connectivity index (χ1) is 5.86. The molecule has 0 spiro atoms. The highest BCUT2D eigenvalue weighted by atomic mass is 32.2. The number of halogens is 1. The lowest BCUT2D eigenvalue weighted by atomic mass is 10.1. The largest absolute Gasteiger partial charge is 0.207 e. The molecule has 62 valence electrons. The zero-order valence-corrected chi connectivity index (χ0v) is 7.35. The van der Waals surface area contributed by atoms with Crippen LogP contribution in [0.15, 0.2) is 36.4 Å². The van der Waals surface area contributed by atoms with Gasteiger partial charge >= 0.3 is 0 Å². The Balaban J connectivity index is 2.23. The van der Waals surface area contributed by atoms with Crippen molar-refractivity contribution in [1.82, 2.24) is 0 Å². The fourth-order valence-electron chi connectivity index (χ4n) is 1.25. The molecule has 0 N–H and O–H groups in total. The van der Waals surface area contributed by atoms with Gasteiger partial charge in [0.2, 0.25) is 0 Å². The molecule has 1 heterocycles. The second-order valence-electron chi connectivity index (χ2n) is 2.73. The molecule has 2 rings (SSSR count). The standard InChI is InChI=1S/C10H9FS/c11-9-5-3-8(4-6-9)10-2-1-7-12-10/h1-6,10H,7H2. The maximum atomic E-state index is 12.5. The van der Waals surface area contributed by atoms with Crippen molar-refractivity contribution < 1.29 is 4.39 Å². The first-order valence-electron chi connectivity index (χ1n) is 3.90. The Labute approximate surface area is 75.5 Å². The molecule has 2 heteroatoms. The summed E-state index contributed by atoms with van der Waals surface area (Å²) in [5, 5.41) is 0.436. The van der Waals surface area contributed by atoms with E-state index in [4.69, 9.17) is 0 Å². The summed E-state index contributed by atoms with van der Waals surface area (Å²) in [4.78, 5) is 0. The van der Waals surface area contributed by atoms with Crippen molar-refractivity contribution in [3.63, 3.8) is 0 Å². The molecule has 0 aliphatic carbocycles. The first-order valence-corrected chi connectivity index (χ1v) is 4.95. The SMILES string of the molecule is Fc1ccc(C2C=CCS2)cc1. The third-order valence-electron chi connectivity index (χ3n) is 1.88. The number of benzene rings is 1. The number of thioether (sulfide) groups is 1. The normalized spacial score (nSPS) is 21.6. The average molecular weight is 180 g/mol. The van der Waals surface area contributed by atoms with Crippen LogP contribution in [0.3, 0.4) is 0 Å². The van der Waals surface area contributed by atoms with Crippen molar-refractivity contribution in [2.45, 2.75) is 5.25 Å². The van der Waals surface area contributed by atoms with E-state index in [-0.39, 0.29) is 5.82 Å². The van der Waals surface area contributed by atoms with Gasteiger partial charge in [-0.2, -0.15) is 0 Å². The maximum Gasteiger partial charge on any atom is 0.123 e. The van der Waals surface area contributed by atoms with Crippen LogP contribution < -0.4 is 0 Å². The van der Waals surface area contributed by atoms with Crippen LogP contribution in [0.5, 0.6) is 0 Å². The van der Waals surface area contributed by atoms with E-state index in [0.717, 1.165) is 5.75 Å². The summed E-state index contributed by atoms with van der Waals surface area (Å²) in [7, 11) is 0. The molecule has 0 radical (unpaired) electrons. The molecule has 0 fully saturated rings. The Bertz CT molecular complexity index is 289. The van der Waals surface area contributed by atoms with Gasteiger partial charge in [-0.15, -0.1) is 11.8 Å². The highest BCUT2D eigenvalue weighted by Gasteiger charge is 2.11. The van der Waals surface area contributed by atoms with Gasteiger partial charge in [-0.25, -0.2) is 4.39 Å². The Hall–Kier alpha value is -0.760. The van der Waals surface area contributed by atoms with Crippen molar-refractivity contribution in [2.24, 2.45) is 0 Å². The molecule has 1 unspecified atom stereocenters. The molecule has 0 saturated heterocycles. The van der Waals surface area contributed by atoms with Gasteiger partial charge in [0.05, 0.1) is 0 Å². The summed E-state index contributed by atoms with van der Waals surface area (Å²) in [5.41, 5.74) is 1.19. The highest BCUT2D eigenvalue weighted by molar-refractivity contribution is 8.00. The van der Waals surface area contributed by atoms with E-state index in [1.165, 1.54) is 17.7 Å². The molecular formula is C10H9FS. The van der Waals surface area contributed by atoms with E-state index >= 15 is 0 Å². The average Bonchev–Trinajstić information content (AvgIpc) is 2.58. The fraction of sp³-hybridized carbons (Fsp3) is 0.200. The molecule has 1 atom stereocenters. The number of rotatable bonds is 1. The Morgan fingerprint density at radius 3 is 2.58 bits per heavy atom. The van der Waals surface area contributed by atoms with Crippen molar-refractivity contribution in [1.29, 1.82) is 0 Å². The van der Waals surface area contributed by atoms with Gasteiger partial charge in [0.15, 0.2) is 0 Å². The Kier molecular flexibility index (Phi) is 2.17. The van der Waals surface area contributed by atoms with Crippen molar-refractivity contribution in [3.8, 4) is 0 Å². The Morgan fingerprint density at radius 2 is 2.00 bits per heavy atom. The van der Waals surface area contributed by atoms with Crippen molar-refractivity contribution in [3.05, 3.63) is 47.8 Å². The summed E-state index contributed by atoms with van der Waals surface area (Å²) in [5.74, 6) is 0.910. The molecule has 0 amide bonds. The van der Waals surface area contributed by atoms with Crippen LogP contribution in [0, 0.1) is 5.82 Å². The van der Waals surface area contributed by atoms with E-state index in [1.54, 1.807) is 0 Å². The molecule has 1 aliphatic heterocycles. The van der Waals surface area contributed by atoms with Crippen LogP contribution in [-0.2, 0) is 0 Å². The molecule has 1 aliphatic rings. The first kappa shape index (κ1) is 7.87. The Morgan fingerprint density at radius 1 is 1.25 bits per heavy atom. The lowest BCUT2D eigenvalue weighted by Crippen LogP contribution is -1.86. The van der Waals surface area contributed by atoms with Gasteiger partial charge in [0.25, 0.3) is 0 Å². The summed E-state index contributed by atoms with van der Waals surface area (Å²) in [6.07, 6.45) is 4.32. The lowest BCUT2D eigenvalue weighted by Gasteiger charge is -2.06. The topological polar surface area (TPSA) is 0 Å². The third kappa shape index (κ3) is 1.53. The molecule has 0 aromatic heterocycles. The van der Waals surface area contributed by atoms with Gasteiger partial charge in [-0.1, -0.05) is 24.3 Å². The highest BCUT2D eigenvalue weighted by Crippen LogP contribution is 2.34. The monoisotopic (exact) mass is 180 g/mol. The predicted octanol–water partition coefficient (Wildman–Crippen LogP) is 3.17. The van der Waals surface area contributed by atoms with Gasteiger partial charge in [-0.3, -0.25) is 0 Å². The van der Waals surface area contributed by atoms with E-state index in [9.17, 15) is 4.39 Å². The van der Waals surface area contributed by atoms with E-state index < -0.39 is 0 Å². The van der Waals surface area contributed by atoms with Gasteiger partial charge in [0.1, 0.15) is 5.82 Å². The molecular weight excluding hydrogens is 171 g/mol. The number of hydrogen-bond donors (Lipinski definition) is 0. The zero-order valence-electron chi connectivity index (χ0n) is 6.53. The summed E-state index contributed by atoms with van der Waals surface area (Å²) < 4.78 is 12.5. The van der Waals surface area contributed by atoms with Gasteiger partial charge < -0.3 is 0 Å². The van der Waals surface area contributed by atoms with Crippen LogP contribution in [0.4, 0.5) is 4.39 Å². The molecule has 12 heavy (non-hydrogen) atoms. The van der Waals surface area contributed by atoms with Crippen LogP contribution in [0.2, 0.25) is 0 Å². The minimum atomic E-state index is -0.161. The molecule has 0 saturated carbocycles. The quantitative estimate of drug-likeness (QED) is 0.598. The van der Waals surface area contributed by atoms with Crippen LogP contribution in [0.25, 0.3) is 0 Å². The van der Waals surface area contributed by atoms with Gasteiger partial charge in [-0.05, 0) is 17.7 Å². The van der Waals surface area contributed by atoms with Crippen LogP contribution in [-0.4, -0.2) is 5.75 Å². The maximum absolute atomic E-state index is 12.5. The summed E-state index contributed by atoms with van der Waals surface area (Å²) in [6.45, 7) is 0. The number of hydrogen-bond acceptors (Lipinski definition) is 1. The van der Waals surface area contributed by atoms with E-state index in [1.807, 2.05) is 23.9 Å². The molecule has 1 aromatic rings. The third-order valence-corrected chi connectivity index (χ3v) is 3.05. The minimum absolute atomic E-state index is 0.161. The van der Waals surface area contributed by atoms with Gasteiger partial charge in [0, 0.05) is 11.0 Å². The fourth-order valence-corrected chi connectivity index (χ4v) is 2.26. The molecule has 0 bridgehead atoms. The van der Waals surface area contributed by atoms with E-state index in [2.05, 4.69) is 12.2 Å². The zero-order chi connectivity index (χ0) is 8.39.